The number of rotatable bonds is 9. The van der Waals surface area contributed by atoms with E-state index in [1.807, 2.05) is 48.7 Å². The molecule has 4 atom stereocenters. The Morgan fingerprint density at radius 2 is 1.33 bits per heavy atom. The van der Waals surface area contributed by atoms with E-state index in [1.165, 1.54) is 11.8 Å². The van der Waals surface area contributed by atoms with Crippen molar-refractivity contribution >= 4 is 81.1 Å². The van der Waals surface area contributed by atoms with Gasteiger partial charge in [0.15, 0.2) is 11.3 Å². The number of anilines is 2. The molecular weight excluding hydrogens is 918 g/mol. The Bertz CT molecular complexity index is 2760. The number of hydrogen-bond donors (Lipinski definition) is 3. The van der Waals surface area contributed by atoms with Crippen molar-refractivity contribution in [1.82, 2.24) is 29.2 Å². The maximum atomic E-state index is 10.9. The number of aliphatic hydroxyl groups is 1. The van der Waals surface area contributed by atoms with E-state index in [-0.39, 0.29) is 54.3 Å². The third-order valence-corrected chi connectivity index (χ3v) is 17.1. The number of ether oxygens (including phenoxy) is 3. The van der Waals surface area contributed by atoms with Gasteiger partial charge < -0.3 is 40.6 Å². The van der Waals surface area contributed by atoms with Gasteiger partial charge in [0.1, 0.15) is 24.1 Å². The molecule has 0 bridgehead atoms. The van der Waals surface area contributed by atoms with Gasteiger partial charge in [-0.15, -0.1) is 10.2 Å². The molecule has 0 radical (unpaired) electrons. The minimum absolute atomic E-state index is 0.00443. The summed E-state index contributed by atoms with van der Waals surface area (Å²) in [6, 6.07) is 15.1. The van der Waals surface area contributed by atoms with Gasteiger partial charge in [-0.05, 0) is 82.3 Å². The lowest BCUT2D eigenvalue weighted by Crippen LogP contribution is -2.51. The number of nitrogens with zero attached hydrogens (tertiary/aromatic N) is 8. The Hall–Kier alpha value is -3.61. The number of aromatic nitrogens is 6. The molecule has 338 valence electrons. The summed E-state index contributed by atoms with van der Waals surface area (Å²) in [6.07, 6.45) is 3.48. The van der Waals surface area contributed by atoms with Crippen molar-refractivity contribution in [1.29, 1.82) is 0 Å². The van der Waals surface area contributed by atoms with E-state index in [1.54, 1.807) is 16.6 Å². The summed E-state index contributed by atoms with van der Waals surface area (Å²) in [4.78, 5) is 16.2. The average Bonchev–Trinajstić information content (AvgIpc) is 4.05. The van der Waals surface area contributed by atoms with Crippen molar-refractivity contribution in [3.05, 3.63) is 85.6 Å². The number of aryl methyl sites for hydroxylation is 1. The zero-order valence-electron chi connectivity index (χ0n) is 35.7. The number of halogens is 4. The van der Waals surface area contributed by atoms with E-state index < -0.39 is 0 Å². The highest BCUT2D eigenvalue weighted by atomic mass is 35.5. The molecule has 4 aromatic heterocycles. The normalized spacial score (nSPS) is 23.1. The SMILES string of the molecule is Cc1nc2c(Sc3cccc(Cl)c3Cl)c(COc3nc4c(-c5cccc(Cl)c5Cl)c(CO)cc(N5CCC6(CC5)COC(C)[C@H]6N)n4n3)cc(N3CCC4(CC3)COC(C)C4N)n2n1. The fourth-order valence-electron chi connectivity index (χ4n) is 10.2. The minimum atomic E-state index is -0.276. The van der Waals surface area contributed by atoms with E-state index in [2.05, 4.69) is 22.8 Å². The van der Waals surface area contributed by atoms with Crippen LogP contribution in [0, 0.1) is 17.8 Å². The number of hydrogen-bond acceptors (Lipinski definition) is 13. The molecule has 19 heteroatoms. The Labute approximate surface area is 395 Å². The van der Waals surface area contributed by atoms with E-state index in [4.69, 9.17) is 92.2 Å². The lowest BCUT2D eigenvalue weighted by Gasteiger charge is -2.42. The third-order valence-electron chi connectivity index (χ3n) is 14.1. The van der Waals surface area contributed by atoms with Crippen LogP contribution in [0.1, 0.15) is 56.5 Å². The van der Waals surface area contributed by atoms with Crippen LogP contribution in [0.25, 0.3) is 22.4 Å². The van der Waals surface area contributed by atoms with E-state index in [0.717, 1.165) is 65.8 Å². The zero-order chi connectivity index (χ0) is 44.7. The molecule has 64 heavy (non-hydrogen) atoms. The van der Waals surface area contributed by atoms with E-state index in [0.29, 0.717) is 80.2 Å². The Morgan fingerprint density at radius 1 is 0.766 bits per heavy atom. The van der Waals surface area contributed by atoms with E-state index >= 15 is 0 Å². The van der Waals surface area contributed by atoms with Gasteiger partial charge in [0, 0.05) is 70.7 Å². The van der Waals surface area contributed by atoms with Crippen molar-refractivity contribution < 1.29 is 19.3 Å². The number of benzene rings is 2. The van der Waals surface area contributed by atoms with Crippen molar-refractivity contribution in [2.75, 3.05) is 49.2 Å². The number of fused-ring (bicyclic) bond motifs is 2. The largest absolute Gasteiger partial charge is 0.457 e. The molecule has 14 nitrogen and oxygen atoms in total. The average molecular weight is 969 g/mol. The van der Waals surface area contributed by atoms with Gasteiger partial charge in [0.25, 0.3) is 0 Å². The van der Waals surface area contributed by atoms with Crippen LogP contribution < -0.4 is 26.0 Å². The van der Waals surface area contributed by atoms with Crippen LogP contribution in [0.2, 0.25) is 20.1 Å². The molecule has 4 aliphatic heterocycles. The van der Waals surface area contributed by atoms with Crippen LogP contribution in [0.4, 0.5) is 11.6 Å². The van der Waals surface area contributed by atoms with Gasteiger partial charge >= 0.3 is 6.01 Å². The van der Waals surface area contributed by atoms with Crippen LogP contribution in [-0.4, -0.2) is 98.0 Å². The summed E-state index contributed by atoms with van der Waals surface area (Å²) < 4.78 is 22.4. The molecule has 2 spiro atoms. The molecule has 6 aromatic rings. The van der Waals surface area contributed by atoms with Crippen molar-refractivity contribution in [3.63, 3.8) is 0 Å². The fraction of sp³-hybridized carbons (Fsp3) is 0.467. The van der Waals surface area contributed by atoms with Gasteiger partial charge in [-0.2, -0.15) is 14.0 Å². The van der Waals surface area contributed by atoms with Crippen LogP contribution in [0.3, 0.4) is 0 Å². The van der Waals surface area contributed by atoms with Gasteiger partial charge in [-0.1, -0.05) is 76.4 Å². The standard InChI is InChI=1S/C45H50Cl4N10O4S/c1-24-39(50)44(22-62-24)10-14-56(15-11-44)33-18-27(20-60)35(29-6-4-7-30(46)36(29)48)41-53-43(55-58(33)41)61-21-28-19-34(57-16-12-45(13-17-57)23-63-25(2)40(45)51)59-42(52-26(3)54-59)38(28)64-32-9-5-8-31(47)37(32)49/h4-9,18-19,24-25,39-40,60H,10-17,20-23,50-51H2,1-3H3/t24?,25?,39-,40?/m1/s1. The quantitative estimate of drug-likeness (QED) is 0.127. The molecule has 2 aromatic carbocycles. The predicted octanol–water partition coefficient (Wildman–Crippen LogP) is 8.25. The van der Waals surface area contributed by atoms with E-state index in [9.17, 15) is 5.11 Å². The smallest absolute Gasteiger partial charge is 0.336 e. The Morgan fingerprint density at radius 3 is 1.91 bits per heavy atom. The maximum absolute atomic E-state index is 10.9. The summed E-state index contributed by atoms with van der Waals surface area (Å²) in [5, 5.41) is 22.5. The number of piperidine rings is 2. The van der Waals surface area contributed by atoms with Gasteiger partial charge in [0.2, 0.25) is 0 Å². The lowest BCUT2D eigenvalue weighted by atomic mass is 9.73. The van der Waals surface area contributed by atoms with Crippen LogP contribution in [-0.2, 0) is 22.7 Å². The monoisotopic (exact) mass is 966 g/mol. The molecule has 4 fully saturated rings. The molecule has 0 saturated carbocycles. The second-order valence-corrected chi connectivity index (χ2v) is 20.4. The van der Waals surface area contributed by atoms with Crippen LogP contribution in [0.15, 0.2) is 58.3 Å². The molecular formula is C45H50Cl4N10O4S. The summed E-state index contributed by atoms with van der Waals surface area (Å²) >= 11 is 28.3. The first-order valence-corrected chi connectivity index (χ1v) is 24.0. The molecule has 3 unspecified atom stereocenters. The molecule has 10 rings (SSSR count). The second kappa shape index (κ2) is 17.2. The summed E-state index contributed by atoms with van der Waals surface area (Å²) in [5.74, 6) is 2.26. The predicted molar refractivity (Wildman–Crippen MR) is 252 cm³/mol. The fourth-order valence-corrected chi connectivity index (χ4v) is 12.1. The lowest BCUT2D eigenvalue weighted by molar-refractivity contribution is 0.0973. The highest BCUT2D eigenvalue weighted by Gasteiger charge is 2.49. The zero-order valence-corrected chi connectivity index (χ0v) is 39.6. The van der Waals surface area contributed by atoms with Crippen LogP contribution >= 0.6 is 58.2 Å². The van der Waals surface area contributed by atoms with Gasteiger partial charge in [0.05, 0.1) is 57.0 Å². The van der Waals surface area contributed by atoms with Crippen molar-refractivity contribution in [2.45, 2.75) is 93.8 Å². The first-order chi connectivity index (χ1) is 30.8. The highest BCUT2D eigenvalue weighted by molar-refractivity contribution is 7.99. The summed E-state index contributed by atoms with van der Waals surface area (Å²) in [7, 11) is 0. The maximum Gasteiger partial charge on any atom is 0.336 e. The number of nitrogens with two attached hydrogens (primary N) is 2. The van der Waals surface area contributed by atoms with Gasteiger partial charge in [-0.3, -0.25) is 0 Å². The topological polar surface area (TPSA) is 167 Å². The van der Waals surface area contributed by atoms with Crippen molar-refractivity contribution in [3.8, 4) is 17.1 Å². The summed E-state index contributed by atoms with van der Waals surface area (Å²) in [5.41, 5.74) is 17.1. The molecule has 4 saturated heterocycles. The number of pyridine rings is 2. The molecule has 8 heterocycles. The summed E-state index contributed by atoms with van der Waals surface area (Å²) in [6.45, 7) is 10.0. The van der Waals surface area contributed by atoms with Crippen molar-refractivity contribution in [2.24, 2.45) is 22.3 Å². The molecule has 5 N–H and O–H groups in total. The molecule has 0 aliphatic carbocycles. The third kappa shape index (κ3) is 7.57. The first kappa shape index (κ1) is 44.2. The molecule has 4 aliphatic rings. The Kier molecular flexibility index (Phi) is 11.9. The highest BCUT2D eigenvalue weighted by Crippen LogP contribution is 2.47. The second-order valence-electron chi connectivity index (χ2n) is 17.8. The molecule has 0 amide bonds. The Balaban J connectivity index is 1.05. The number of aliphatic hydroxyl groups excluding tert-OH is 1. The van der Waals surface area contributed by atoms with Crippen LogP contribution in [0.5, 0.6) is 6.01 Å². The van der Waals surface area contributed by atoms with Gasteiger partial charge in [-0.25, -0.2) is 4.98 Å². The first-order valence-electron chi connectivity index (χ1n) is 21.7. The minimum Gasteiger partial charge on any atom is -0.457 e.